The van der Waals surface area contributed by atoms with Crippen molar-refractivity contribution in [2.75, 3.05) is 0 Å². The topological polar surface area (TPSA) is 63.3 Å². The van der Waals surface area contributed by atoms with Crippen LogP contribution >= 0.6 is 0 Å². The molecule has 3 heteroatoms. The Morgan fingerprint density at radius 1 is 1.67 bits per heavy atom. The molecule has 2 unspecified atom stereocenters. The van der Waals surface area contributed by atoms with Gasteiger partial charge in [0.1, 0.15) is 0 Å². The largest absolute Gasteiger partial charge is 0.481 e. The Morgan fingerprint density at radius 3 is 2.67 bits per heavy atom. The smallest absolute Gasteiger partial charge is 0.303 e. The second-order valence-corrected chi connectivity index (χ2v) is 3.04. The van der Waals surface area contributed by atoms with Crippen molar-refractivity contribution < 1.29 is 9.90 Å². The summed E-state index contributed by atoms with van der Waals surface area (Å²) in [5.74, 6) is -0.739. The molecule has 0 radical (unpaired) electrons. The van der Waals surface area contributed by atoms with Gasteiger partial charge in [-0.05, 0) is 19.3 Å². The lowest BCUT2D eigenvalue weighted by Gasteiger charge is -2.15. The SMILES string of the molecule is C/C=C\CC(N)C(C)CC(=O)O. The lowest BCUT2D eigenvalue weighted by atomic mass is 9.96. The molecule has 0 heterocycles. The van der Waals surface area contributed by atoms with Gasteiger partial charge >= 0.3 is 5.97 Å². The Morgan fingerprint density at radius 2 is 2.25 bits per heavy atom. The van der Waals surface area contributed by atoms with Gasteiger partial charge in [0, 0.05) is 12.5 Å². The monoisotopic (exact) mass is 171 g/mol. The minimum atomic E-state index is -0.779. The van der Waals surface area contributed by atoms with E-state index in [9.17, 15) is 4.79 Å². The van der Waals surface area contributed by atoms with Crippen LogP contribution in [-0.4, -0.2) is 17.1 Å². The van der Waals surface area contributed by atoms with Crippen molar-refractivity contribution in [3.8, 4) is 0 Å². The molecule has 0 aliphatic heterocycles. The number of hydrogen-bond acceptors (Lipinski definition) is 2. The Balaban J connectivity index is 3.75. The van der Waals surface area contributed by atoms with E-state index < -0.39 is 5.97 Å². The van der Waals surface area contributed by atoms with E-state index in [4.69, 9.17) is 10.8 Å². The standard InChI is InChI=1S/C9H17NO2/c1-3-4-5-8(10)7(2)6-9(11)12/h3-4,7-8H,5-6,10H2,1-2H3,(H,11,12)/b4-3-. The van der Waals surface area contributed by atoms with Crippen molar-refractivity contribution in [1.29, 1.82) is 0 Å². The molecule has 0 aliphatic carbocycles. The molecule has 0 saturated heterocycles. The summed E-state index contributed by atoms with van der Waals surface area (Å²) >= 11 is 0. The molecule has 0 saturated carbocycles. The second-order valence-electron chi connectivity index (χ2n) is 3.04. The van der Waals surface area contributed by atoms with Crippen molar-refractivity contribution in [2.45, 2.75) is 32.7 Å². The van der Waals surface area contributed by atoms with Crippen LogP contribution in [0.15, 0.2) is 12.2 Å². The number of aliphatic carboxylic acids is 1. The highest BCUT2D eigenvalue weighted by Crippen LogP contribution is 2.09. The van der Waals surface area contributed by atoms with Crippen LogP contribution in [0, 0.1) is 5.92 Å². The molecule has 0 fully saturated rings. The Bertz CT molecular complexity index is 166. The molecule has 0 rings (SSSR count). The van der Waals surface area contributed by atoms with E-state index in [-0.39, 0.29) is 18.4 Å². The van der Waals surface area contributed by atoms with Gasteiger partial charge in [0.25, 0.3) is 0 Å². The van der Waals surface area contributed by atoms with Crippen LogP contribution in [0.1, 0.15) is 26.7 Å². The highest BCUT2D eigenvalue weighted by molar-refractivity contribution is 5.67. The zero-order valence-corrected chi connectivity index (χ0v) is 7.66. The van der Waals surface area contributed by atoms with Gasteiger partial charge in [0.2, 0.25) is 0 Å². The van der Waals surface area contributed by atoms with Crippen LogP contribution in [0.3, 0.4) is 0 Å². The van der Waals surface area contributed by atoms with Crippen molar-refractivity contribution in [2.24, 2.45) is 11.7 Å². The number of rotatable bonds is 5. The van der Waals surface area contributed by atoms with E-state index in [2.05, 4.69) is 0 Å². The summed E-state index contributed by atoms with van der Waals surface area (Å²) in [5, 5.41) is 8.48. The van der Waals surface area contributed by atoms with Crippen LogP contribution in [0.2, 0.25) is 0 Å². The predicted octanol–water partition coefficient (Wildman–Crippen LogP) is 1.39. The average molecular weight is 171 g/mol. The van der Waals surface area contributed by atoms with E-state index >= 15 is 0 Å². The maximum absolute atomic E-state index is 10.3. The normalized spacial score (nSPS) is 16.2. The van der Waals surface area contributed by atoms with E-state index in [1.165, 1.54) is 0 Å². The van der Waals surface area contributed by atoms with Gasteiger partial charge in [-0.1, -0.05) is 19.1 Å². The molecule has 70 valence electrons. The van der Waals surface area contributed by atoms with Crippen molar-refractivity contribution >= 4 is 5.97 Å². The molecule has 0 aromatic heterocycles. The number of carboxylic acid groups (broad SMARTS) is 1. The van der Waals surface area contributed by atoms with Gasteiger partial charge in [0.05, 0.1) is 0 Å². The number of carbonyl (C=O) groups is 1. The minimum absolute atomic E-state index is 0.0405. The highest BCUT2D eigenvalue weighted by atomic mass is 16.4. The van der Waals surface area contributed by atoms with Crippen LogP contribution in [0.25, 0.3) is 0 Å². The van der Waals surface area contributed by atoms with Crippen LogP contribution in [0.4, 0.5) is 0 Å². The first-order valence-electron chi connectivity index (χ1n) is 4.16. The van der Waals surface area contributed by atoms with Crippen molar-refractivity contribution in [3.05, 3.63) is 12.2 Å². The second kappa shape index (κ2) is 5.77. The van der Waals surface area contributed by atoms with Gasteiger partial charge in [-0.25, -0.2) is 0 Å². The number of nitrogens with two attached hydrogens (primary N) is 1. The molecule has 3 nitrogen and oxygen atoms in total. The highest BCUT2D eigenvalue weighted by Gasteiger charge is 2.14. The predicted molar refractivity (Wildman–Crippen MR) is 48.8 cm³/mol. The molecule has 0 aliphatic rings. The lowest BCUT2D eigenvalue weighted by molar-refractivity contribution is -0.138. The summed E-state index contributed by atoms with van der Waals surface area (Å²) in [6.07, 6.45) is 4.79. The molecule has 0 spiro atoms. The van der Waals surface area contributed by atoms with Crippen LogP contribution in [-0.2, 0) is 4.79 Å². The molecule has 0 aromatic rings. The van der Waals surface area contributed by atoms with Crippen molar-refractivity contribution in [1.82, 2.24) is 0 Å². The minimum Gasteiger partial charge on any atom is -0.481 e. The zero-order valence-electron chi connectivity index (χ0n) is 7.66. The van der Waals surface area contributed by atoms with Gasteiger partial charge < -0.3 is 10.8 Å². The lowest BCUT2D eigenvalue weighted by Crippen LogP contribution is -2.29. The summed E-state index contributed by atoms with van der Waals surface area (Å²) < 4.78 is 0. The average Bonchev–Trinajstić information content (AvgIpc) is 1.98. The first-order valence-corrected chi connectivity index (χ1v) is 4.16. The van der Waals surface area contributed by atoms with E-state index in [1.807, 2.05) is 26.0 Å². The third-order valence-electron chi connectivity index (χ3n) is 1.87. The Kier molecular flexibility index (Phi) is 5.37. The summed E-state index contributed by atoms with van der Waals surface area (Å²) in [4.78, 5) is 10.3. The fourth-order valence-corrected chi connectivity index (χ4v) is 0.952. The molecule has 0 bridgehead atoms. The third-order valence-corrected chi connectivity index (χ3v) is 1.87. The fourth-order valence-electron chi connectivity index (χ4n) is 0.952. The first kappa shape index (κ1) is 11.2. The third kappa shape index (κ3) is 4.91. The molecule has 0 aromatic carbocycles. The first-order chi connectivity index (χ1) is 5.57. The number of hydrogen-bond donors (Lipinski definition) is 2. The molecule has 0 amide bonds. The summed E-state index contributed by atoms with van der Waals surface area (Å²) in [5.41, 5.74) is 5.74. The molecular formula is C9H17NO2. The van der Waals surface area contributed by atoms with E-state index in [0.717, 1.165) is 6.42 Å². The quantitative estimate of drug-likeness (QED) is 0.614. The maximum atomic E-state index is 10.3. The molecule has 3 N–H and O–H groups in total. The molecule has 12 heavy (non-hydrogen) atoms. The van der Waals surface area contributed by atoms with E-state index in [0.29, 0.717) is 0 Å². The maximum Gasteiger partial charge on any atom is 0.303 e. The number of carboxylic acids is 1. The summed E-state index contributed by atoms with van der Waals surface area (Å²) in [7, 11) is 0. The Hall–Kier alpha value is -0.830. The van der Waals surface area contributed by atoms with Gasteiger partial charge in [-0.15, -0.1) is 0 Å². The van der Waals surface area contributed by atoms with E-state index in [1.54, 1.807) is 0 Å². The zero-order chi connectivity index (χ0) is 9.56. The van der Waals surface area contributed by atoms with Gasteiger partial charge in [-0.2, -0.15) is 0 Å². The summed E-state index contributed by atoms with van der Waals surface area (Å²) in [6.45, 7) is 3.79. The Labute approximate surface area is 73.3 Å². The molecule has 2 atom stereocenters. The van der Waals surface area contributed by atoms with Gasteiger partial charge in [-0.3, -0.25) is 4.79 Å². The number of allylic oxidation sites excluding steroid dienone is 1. The molecular weight excluding hydrogens is 154 g/mol. The van der Waals surface area contributed by atoms with Crippen LogP contribution in [0.5, 0.6) is 0 Å². The summed E-state index contributed by atoms with van der Waals surface area (Å²) in [6, 6.07) is -0.0442. The van der Waals surface area contributed by atoms with Gasteiger partial charge in [0.15, 0.2) is 0 Å². The van der Waals surface area contributed by atoms with Crippen molar-refractivity contribution in [3.63, 3.8) is 0 Å². The fraction of sp³-hybridized carbons (Fsp3) is 0.667. The van der Waals surface area contributed by atoms with Crippen LogP contribution < -0.4 is 5.73 Å².